The maximum atomic E-state index is 11.1. The van der Waals surface area contributed by atoms with Crippen molar-refractivity contribution in [2.45, 2.75) is 70.8 Å². The fraction of sp³-hybridized carbons (Fsp3) is 0.684. The van der Waals surface area contributed by atoms with Gasteiger partial charge in [0, 0.05) is 18.6 Å². The van der Waals surface area contributed by atoms with Crippen LogP contribution in [0.5, 0.6) is 0 Å². The van der Waals surface area contributed by atoms with E-state index in [4.69, 9.17) is 19.5 Å². The van der Waals surface area contributed by atoms with Crippen LogP contribution in [0.15, 0.2) is 4.60 Å². The van der Waals surface area contributed by atoms with Crippen LogP contribution in [-0.2, 0) is 11.0 Å². The maximum absolute atomic E-state index is 11.1. The molecule has 1 aliphatic heterocycles. The summed E-state index contributed by atoms with van der Waals surface area (Å²) in [6, 6.07) is 0. The number of hydrogen-bond donors (Lipinski definition) is 3. The molecule has 3 N–H and O–H groups in total. The average Bonchev–Trinajstić information content (AvgIpc) is 2.98. The number of halogens is 1. The van der Waals surface area contributed by atoms with Crippen LogP contribution in [0.4, 0.5) is 10.6 Å². The maximum Gasteiger partial charge on any atom is 0.405 e. The summed E-state index contributed by atoms with van der Waals surface area (Å²) in [5.74, 6) is 0.773. The van der Waals surface area contributed by atoms with E-state index in [0.29, 0.717) is 48.3 Å². The number of aromatic nitrogens is 4. The Hall–Kier alpha value is -1.72. The lowest BCUT2D eigenvalue weighted by molar-refractivity contribution is 0.173. The van der Waals surface area contributed by atoms with Crippen LogP contribution in [0.2, 0.25) is 18.1 Å². The Morgan fingerprint density at radius 1 is 1.33 bits per heavy atom. The van der Waals surface area contributed by atoms with Gasteiger partial charge >= 0.3 is 6.09 Å². The quantitative estimate of drug-likeness (QED) is 0.527. The van der Waals surface area contributed by atoms with Crippen LogP contribution in [0, 0.1) is 0 Å². The lowest BCUT2D eigenvalue weighted by atomic mass is 9.90. The predicted octanol–water partition coefficient (Wildman–Crippen LogP) is 4.26. The monoisotopic (exact) mass is 498 g/mol. The highest BCUT2D eigenvalue weighted by Gasteiger charge is 2.38. The van der Waals surface area contributed by atoms with E-state index in [2.05, 4.69) is 70.2 Å². The highest BCUT2D eigenvalue weighted by molar-refractivity contribution is 9.10. The topological polar surface area (TPSA) is 116 Å². The zero-order chi connectivity index (χ0) is 22.3. The first-order valence-corrected chi connectivity index (χ1v) is 13.8. The van der Waals surface area contributed by atoms with Crippen molar-refractivity contribution in [2.24, 2.45) is 0 Å². The van der Waals surface area contributed by atoms with E-state index in [1.165, 1.54) is 0 Å². The smallest absolute Gasteiger partial charge is 0.405 e. The molecule has 1 saturated heterocycles. The Labute approximate surface area is 186 Å². The van der Waals surface area contributed by atoms with Gasteiger partial charge in [-0.15, -0.1) is 0 Å². The Bertz CT molecular complexity index is 934. The van der Waals surface area contributed by atoms with Crippen molar-refractivity contribution < 1.29 is 14.3 Å². The first-order valence-electron chi connectivity index (χ1n) is 10.1. The van der Waals surface area contributed by atoms with Crippen molar-refractivity contribution in [2.75, 3.05) is 18.0 Å². The molecule has 166 valence electrons. The molecule has 1 fully saturated rings. The van der Waals surface area contributed by atoms with Crippen molar-refractivity contribution in [3.8, 4) is 0 Å². The number of aromatic amines is 1. The Morgan fingerprint density at radius 2 is 1.97 bits per heavy atom. The standard InChI is InChI=1S/C19H31BrN6O3Si/c1-18(2,3)30(5,6)29-11-12-16(22-15-13(21-12)14(20)24-25-15)26-9-7-19(4,8-10-26)23-17(27)28/h23H,7-11H2,1-6H3,(H,27,28)(H,22,24,25). The molecule has 2 aromatic heterocycles. The molecule has 3 rings (SSSR count). The third kappa shape index (κ3) is 4.78. The van der Waals surface area contributed by atoms with Crippen molar-refractivity contribution >= 4 is 47.3 Å². The number of carbonyl (C=O) groups is 1. The van der Waals surface area contributed by atoms with Crippen molar-refractivity contribution in [3.63, 3.8) is 0 Å². The number of amides is 1. The molecule has 0 atom stereocenters. The van der Waals surface area contributed by atoms with Gasteiger partial charge in [0.15, 0.2) is 24.4 Å². The second kappa shape index (κ2) is 8.08. The normalized spacial score (nSPS) is 17.4. The summed E-state index contributed by atoms with van der Waals surface area (Å²) in [5, 5.41) is 18.9. The minimum atomic E-state index is -1.96. The van der Waals surface area contributed by atoms with Gasteiger partial charge in [-0.25, -0.2) is 14.8 Å². The molecule has 0 aromatic carbocycles. The number of hydrogen-bond acceptors (Lipinski definition) is 6. The molecule has 0 saturated carbocycles. The average molecular weight is 499 g/mol. The van der Waals surface area contributed by atoms with E-state index in [1.807, 2.05) is 6.92 Å². The lowest BCUT2D eigenvalue weighted by Gasteiger charge is -2.40. The summed E-state index contributed by atoms with van der Waals surface area (Å²) < 4.78 is 7.07. The number of nitrogens with one attached hydrogen (secondary N) is 2. The predicted molar refractivity (Wildman–Crippen MR) is 122 cm³/mol. The Morgan fingerprint density at radius 3 is 2.53 bits per heavy atom. The molecule has 0 unspecified atom stereocenters. The summed E-state index contributed by atoms with van der Waals surface area (Å²) in [6.07, 6.45) is 0.389. The van der Waals surface area contributed by atoms with E-state index < -0.39 is 19.9 Å². The highest BCUT2D eigenvalue weighted by atomic mass is 79.9. The fourth-order valence-corrected chi connectivity index (χ4v) is 4.54. The van der Waals surface area contributed by atoms with Gasteiger partial charge in [-0.3, -0.25) is 5.10 Å². The molecule has 3 heterocycles. The summed E-state index contributed by atoms with van der Waals surface area (Å²) in [7, 11) is -1.96. The summed E-state index contributed by atoms with van der Waals surface area (Å²) in [4.78, 5) is 22.9. The van der Waals surface area contributed by atoms with Gasteiger partial charge in [0.2, 0.25) is 0 Å². The molecule has 2 aromatic rings. The minimum absolute atomic E-state index is 0.0936. The number of carboxylic acid groups (broad SMARTS) is 1. The van der Waals surface area contributed by atoms with Gasteiger partial charge in [0.1, 0.15) is 11.2 Å². The largest absolute Gasteiger partial charge is 0.465 e. The van der Waals surface area contributed by atoms with E-state index >= 15 is 0 Å². The first kappa shape index (κ1) is 23.0. The van der Waals surface area contributed by atoms with Gasteiger partial charge < -0.3 is 19.7 Å². The first-order chi connectivity index (χ1) is 13.8. The number of piperidine rings is 1. The SMILES string of the molecule is CC1(NC(=O)O)CCN(c2nc3[nH]nc(Br)c3nc2CO[Si](C)(C)C(C)(C)C)CC1. The van der Waals surface area contributed by atoms with Crippen LogP contribution < -0.4 is 10.2 Å². The number of nitrogens with zero attached hydrogens (tertiary/aromatic N) is 4. The molecule has 0 spiro atoms. The lowest BCUT2D eigenvalue weighted by Crippen LogP contribution is -2.53. The molecule has 1 aliphatic rings. The summed E-state index contributed by atoms with van der Waals surface area (Å²) in [6.45, 7) is 14.8. The highest BCUT2D eigenvalue weighted by Crippen LogP contribution is 2.38. The van der Waals surface area contributed by atoms with Gasteiger partial charge in [-0.2, -0.15) is 5.10 Å². The van der Waals surface area contributed by atoms with E-state index in [9.17, 15) is 4.79 Å². The molecule has 0 aliphatic carbocycles. The Balaban J connectivity index is 1.88. The molecule has 0 radical (unpaired) electrons. The van der Waals surface area contributed by atoms with Crippen molar-refractivity contribution in [1.82, 2.24) is 25.5 Å². The van der Waals surface area contributed by atoms with Gasteiger partial charge in [0.25, 0.3) is 0 Å². The number of H-pyrrole nitrogens is 1. The molecule has 1 amide bonds. The van der Waals surface area contributed by atoms with E-state index in [0.717, 1.165) is 11.5 Å². The number of rotatable bonds is 5. The van der Waals surface area contributed by atoms with Crippen LogP contribution in [0.1, 0.15) is 46.2 Å². The second-order valence-electron chi connectivity index (χ2n) is 9.73. The number of anilines is 1. The molecule has 30 heavy (non-hydrogen) atoms. The third-order valence-electron chi connectivity index (χ3n) is 6.35. The van der Waals surface area contributed by atoms with E-state index in [1.54, 1.807) is 0 Å². The van der Waals surface area contributed by atoms with Gasteiger partial charge in [-0.1, -0.05) is 20.8 Å². The van der Waals surface area contributed by atoms with Gasteiger partial charge in [-0.05, 0) is 53.8 Å². The van der Waals surface area contributed by atoms with Crippen molar-refractivity contribution in [3.05, 3.63) is 10.3 Å². The summed E-state index contributed by atoms with van der Waals surface area (Å²) >= 11 is 3.43. The second-order valence-corrected chi connectivity index (χ2v) is 15.3. The van der Waals surface area contributed by atoms with Crippen LogP contribution in [0.25, 0.3) is 11.2 Å². The molecule has 11 heteroatoms. The minimum Gasteiger partial charge on any atom is -0.465 e. The van der Waals surface area contributed by atoms with Gasteiger partial charge in [0.05, 0.1) is 6.61 Å². The van der Waals surface area contributed by atoms with Crippen LogP contribution in [0.3, 0.4) is 0 Å². The van der Waals surface area contributed by atoms with Crippen LogP contribution >= 0.6 is 15.9 Å². The zero-order valence-corrected chi connectivity index (χ0v) is 21.1. The van der Waals surface area contributed by atoms with Crippen molar-refractivity contribution in [1.29, 1.82) is 0 Å². The zero-order valence-electron chi connectivity index (χ0n) is 18.5. The third-order valence-corrected chi connectivity index (χ3v) is 11.4. The Kier molecular flexibility index (Phi) is 6.18. The van der Waals surface area contributed by atoms with E-state index in [-0.39, 0.29) is 5.04 Å². The molecular weight excluding hydrogens is 468 g/mol. The fourth-order valence-electron chi connectivity index (χ4n) is 3.25. The molecule has 9 nitrogen and oxygen atoms in total. The number of fused-ring (bicyclic) bond motifs is 1. The molecule has 0 bridgehead atoms. The summed E-state index contributed by atoms with van der Waals surface area (Å²) in [5.41, 5.74) is 1.64. The van der Waals surface area contributed by atoms with Crippen LogP contribution in [-0.4, -0.2) is 58.3 Å². The molecular formula is C19H31BrN6O3Si.